The number of benzene rings is 1. The summed E-state index contributed by atoms with van der Waals surface area (Å²) in [5, 5.41) is 13.0. The van der Waals surface area contributed by atoms with E-state index in [1.165, 1.54) is 13.2 Å². The second kappa shape index (κ2) is 4.70. The molecule has 0 aliphatic carbocycles. The van der Waals surface area contributed by atoms with Crippen LogP contribution in [0, 0.1) is 6.92 Å². The van der Waals surface area contributed by atoms with Crippen LogP contribution in [0.4, 0.5) is 0 Å². The first-order chi connectivity index (χ1) is 8.52. The highest BCUT2D eigenvalue weighted by atomic mass is 35.5. The average Bonchev–Trinajstić information content (AvgIpc) is 2.77. The molecule has 2 aromatic rings. The van der Waals surface area contributed by atoms with Crippen LogP contribution in [0.2, 0.25) is 5.02 Å². The molecule has 0 saturated heterocycles. The van der Waals surface area contributed by atoms with Crippen LogP contribution < -0.4 is 4.74 Å². The minimum Gasteiger partial charge on any atom is -0.496 e. The van der Waals surface area contributed by atoms with Crippen molar-refractivity contribution in [1.82, 2.24) is 5.16 Å². The number of methoxy groups -OCH3 is 1. The number of rotatable bonds is 3. The molecule has 0 saturated carbocycles. The monoisotopic (exact) mass is 267 g/mol. The van der Waals surface area contributed by atoms with E-state index in [9.17, 15) is 4.79 Å². The topological polar surface area (TPSA) is 72.6 Å². The first-order valence-corrected chi connectivity index (χ1v) is 5.45. The molecule has 1 N–H and O–H groups in total. The highest BCUT2D eigenvalue weighted by Crippen LogP contribution is 2.35. The Hall–Kier alpha value is -2.01. The molecule has 0 spiro atoms. The van der Waals surface area contributed by atoms with Crippen molar-refractivity contribution < 1.29 is 19.2 Å². The van der Waals surface area contributed by atoms with Crippen LogP contribution in [0.15, 0.2) is 22.7 Å². The summed E-state index contributed by atoms with van der Waals surface area (Å²) < 4.78 is 9.98. The van der Waals surface area contributed by atoms with Gasteiger partial charge in [0.05, 0.1) is 7.11 Å². The zero-order valence-electron chi connectivity index (χ0n) is 9.73. The van der Waals surface area contributed by atoms with Gasteiger partial charge in [0.1, 0.15) is 11.4 Å². The van der Waals surface area contributed by atoms with Gasteiger partial charge in [-0.3, -0.25) is 0 Å². The lowest BCUT2D eigenvalue weighted by Crippen LogP contribution is -1.93. The molecule has 1 aromatic carbocycles. The molecular weight excluding hydrogens is 258 g/mol. The van der Waals surface area contributed by atoms with E-state index < -0.39 is 5.97 Å². The maximum Gasteiger partial charge on any atom is 0.374 e. The number of carboxylic acid groups (broad SMARTS) is 1. The third kappa shape index (κ3) is 2.17. The van der Waals surface area contributed by atoms with E-state index in [1.54, 1.807) is 12.1 Å². The molecule has 2 rings (SSSR count). The molecule has 5 nitrogen and oxygen atoms in total. The van der Waals surface area contributed by atoms with Gasteiger partial charge in [0, 0.05) is 16.7 Å². The Kier molecular flexibility index (Phi) is 3.25. The normalized spacial score (nSPS) is 10.4. The number of hydrogen-bond donors (Lipinski definition) is 1. The van der Waals surface area contributed by atoms with Crippen LogP contribution in [0.25, 0.3) is 11.3 Å². The smallest absolute Gasteiger partial charge is 0.374 e. The van der Waals surface area contributed by atoms with E-state index in [-0.39, 0.29) is 5.76 Å². The summed E-state index contributed by atoms with van der Waals surface area (Å²) in [7, 11) is 1.53. The van der Waals surface area contributed by atoms with Crippen molar-refractivity contribution in [2.24, 2.45) is 0 Å². The van der Waals surface area contributed by atoms with E-state index in [0.717, 1.165) is 5.56 Å². The first-order valence-electron chi connectivity index (χ1n) is 5.07. The predicted octanol–water partition coefficient (Wildman–Crippen LogP) is 3.01. The first kappa shape index (κ1) is 12.4. The molecule has 0 radical (unpaired) electrons. The molecular formula is C12H10ClNO4. The van der Waals surface area contributed by atoms with Crippen LogP contribution >= 0.6 is 11.6 Å². The third-order valence-electron chi connectivity index (χ3n) is 2.44. The molecule has 6 heteroatoms. The SMILES string of the molecule is COc1c(C)cc(Cl)cc1-c1cc(C(=O)O)on1. The second-order valence-corrected chi connectivity index (χ2v) is 4.12. The van der Waals surface area contributed by atoms with Crippen LogP contribution in [0.1, 0.15) is 16.1 Å². The molecule has 0 unspecified atom stereocenters. The Bertz CT molecular complexity index is 606. The number of hydrogen-bond acceptors (Lipinski definition) is 4. The minimum atomic E-state index is -1.17. The summed E-state index contributed by atoms with van der Waals surface area (Å²) in [6, 6.07) is 4.73. The Morgan fingerprint density at radius 3 is 2.72 bits per heavy atom. The Morgan fingerprint density at radius 1 is 1.44 bits per heavy atom. The van der Waals surface area contributed by atoms with Crippen LogP contribution in [-0.2, 0) is 0 Å². The third-order valence-corrected chi connectivity index (χ3v) is 2.66. The van der Waals surface area contributed by atoms with Gasteiger partial charge in [-0.05, 0) is 24.6 Å². The average molecular weight is 268 g/mol. The van der Waals surface area contributed by atoms with Gasteiger partial charge in [-0.1, -0.05) is 16.8 Å². The fraction of sp³-hybridized carbons (Fsp3) is 0.167. The number of aromatic carboxylic acids is 1. The number of carboxylic acids is 1. The largest absolute Gasteiger partial charge is 0.496 e. The number of nitrogens with zero attached hydrogens (tertiary/aromatic N) is 1. The lowest BCUT2D eigenvalue weighted by Gasteiger charge is -2.09. The number of aryl methyl sites for hydroxylation is 1. The van der Waals surface area contributed by atoms with Gasteiger partial charge in [-0.15, -0.1) is 0 Å². The molecule has 0 bridgehead atoms. The number of halogens is 1. The maximum absolute atomic E-state index is 10.7. The van der Waals surface area contributed by atoms with Crippen molar-refractivity contribution in [2.75, 3.05) is 7.11 Å². The highest BCUT2D eigenvalue weighted by molar-refractivity contribution is 6.31. The lowest BCUT2D eigenvalue weighted by molar-refractivity contribution is 0.0652. The van der Waals surface area contributed by atoms with E-state index in [4.69, 9.17) is 26.0 Å². The van der Waals surface area contributed by atoms with E-state index in [0.29, 0.717) is 22.0 Å². The van der Waals surface area contributed by atoms with Gasteiger partial charge in [-0.25, -0.2) is 4.79 Å². The molecule has 0 aliphatic rings. The van der Waals surface area contributed by atoms with Crippen molar-refractivity contribution in [3.8, 4) is 17.0 Å². The second-order valence-electron chi connectivity index (χ2n) is 3.69. The van der Waals surface area contributed by atoms with Crippen molar-refractivity contribution in [2.45, 2.75) is 6.92 Å². The Morgan fingerprint density at radius 2 is 2.17 bits per heavy atom. The molecule has 0 aliphatic heterocycles. The maximum atomic E-state index is 10.7. The molecule has 0 atom stereocenters. The highest BCUT2D eigenvalue weighted by Gasteiger charge is 2.17. The Balaban J connectivity index is 2.58. The van der Waals surface area contributed by atoms with Crippen molar-refractivity contribution >= 4 is 17.6 Å². The van der Waals surface area contributed by atoms with Crippen molar-refractivity contribution in [1.29, 1.82) is 0 Å². The summed E-state index contributed by atoms with van der Waals surface area (Å²) in [6.07, 6.45) is 0. The summed E-state index contributed by atoms with van der Waals surface area (Å²) in [5.41, 5.74) is 1.80. The zero-order valence-corrected chi connectivity index (χ0v) is 10.5. The summed E-state index contributed by atoms with van der Waals surface area (Å²) in [6.45, 7) is 1.84. The summed E-state index contributed by atoms with van der Waals surface area (Å²) in [4.78, 5) is 10.7. The van der Waals surface area contributed by atoms with Crippen molar-refractivity contribution in [3.05, 3.63) is 34.5 Å². The molecule has 0 amide bonds. The quantitative estimate of drug-likeness (QED) is 0.925. The molecule has 1 heterocycles. The Labute approximate surface area is 108 Å². The standard InChI is InChI=1S/C12H10ClNO4/c1-6-3-7(13)4-8(11(6)17-2)9-5-10(12(15)16)18-14-9/h3-5H,1-2H3,(H,15,16). The number of ether oxygens (including phenoxy) is 1. The van der Waals surface area contributed by atoms with Gasteiger partial charge < -0.3 is 14.4 Å². The number of carbonyl (C=O) groups is 1. The van der Waals surface area contributed by atoms with E-state index >= 15 is 0 Å². The molecule has 94 valence electrons. The zero-order chi connectivity index (χ0) is 13.3. The predicted molar refractivity (Wildman–Crippen MR) is 65.2 cm³/mol. The van der Waals surface area contributed by atoms with Gasteiger partial charge in [0.2, 0.25) is 5.76 Å². The van der Waals surface area contributed by atoms with Crippen LogP contribution in [0.5, 0.6) is 5.75 Å². The summed E-state index contributed by atoms with van der Waals surface area (Å²) >= 11 is 5.97. The van der Waals surface area contributed by atoms with Crippen molar-refractivity contribution in [3.63, 3.8) is 0 Å². The van der Waals surface area contributed by atoms with Crippen LogP contribution in [0.3, 0.4) is 0 Å². The van der Waals surface area contributed by atoms with E-state index in [2.05, 4.69) is 5.16 Å². The fourth-order valence-corrected chi connectivity index (χ4v) is 1.97. The van der Waals surface area contributed by atoms with Gasteiger partial charge in [-0.2, -0.15) is 0 Å². The fourth-order valence-electron chi connectivity index (χ4n) is 1.69. The lowest BCUT2D eigenvalue weighted by atomic mass is 10.1. The van der Waals surface area contributed by atoms with Crippen LogP contribution in [-0.4, -0.2) is 23.3 Å². The minimum absolute atomic E-state index is 0.232. The number of aromatic nitrogens is 1. The van der Waals surface area contributed by atoms with E-state index in [1.807, 2.05) is 6.92 Å². The van der Waals surface area contributed by atoms with Gasteiger partial charge >= 0.3 is 5.97 Å². The van der Waals surface area contributed by atoms with Gasteiger partial charge in [0.15, 0.2) is 0 Å². The van der Waals surface area contributed by atoms with Gasteiger partial charge in [0.25, 0.3) is 0 Å². The molecule has 0 fully saturated rings. The summed E-state index contributed by atoms with van der Waals surface area (Å²) in [5.74, 6) is -0.819. The molecule has 18 heavy (non-hydrogen) atoms. The molecule has 1 aromatic heterocycles.